The van der Waals surface area contributed by atoms with E-state index >= 15 is 0 Å². The molecule has 0 spiro atoms. The fourth-order valence-corrected chi connectivity index (χ4v) is 1.85. The molecule has 0 aliphatic heterocycles. The van der Waals surface area contributed by atoms with E-state index in [-0.39, 0.29) is 10.4 Å². The number of halogens is 1. The molecule has 0 fully saturated rings. The van der Waals surface area contributed by atoms with E-state index in [1.54, 1.807) is 0 Å². The zero-order valence-corrected chi connectivity index (χ0v) is 11.9. The Morgan fingerprint density at radius 2 is 1.73 bits per heavy atom. The van der Waals surface area contributed by atoms with Gasteiger partial charge in [-0.15, -0.1) is 11.6 Å². The average molecular weight is 232 g/mol. The molecule has 0 saturated carbocycles. The molecule has 0 rings (SSSR count). The lowest BCUT2D eigenvalue weighted by molar-refractivity contribution is 0.554. The van der Waals surface area contributed by atoms with Crippen LogP contribution in [0.15, 0.2) is 4.99 Å². The number of hydrogen-bond acceptors (Lipinski definition) is 1. The van der Waals surface area contributed by atoms with Crippen LogP contribution in [0.4, 0.5) is 0 Å². The fourth-order valence-electron chi connectivity index (χ4n) is 1.67. The SMILES string of the molecule is CCCCC(Cl)(CC)C(C)=NC(C)(C)C. The smallest absolute Gasteiger partial charge is 0.0817 e. The standard InChI is InChI=1S/C13H26ClN/c1-7-9-10-13(14,8-2)11(3)15-12(4,5)6/h7-10H2,1-6H3. The lowest BCUT2D eigenvalue weighted by Crippen LogP contribution is -2.32. The Kier molecular flexibility index (Phi) is 5.87. The van der Waals surface area contributed by atoms with Crippen LogP contribution in [0.2, 0.25) is 0 Å². The van der Waals surface area contributed by atoms with Crippen LogP contribution >= 0.6 is 11.6 Å². The highest BCUT2D eigenvalue weighted by Crippen LogP contribution is 2.29. The molecule has 90 valence electrons. The molecule has 0 aromatic heterocycles. The van der Waals surface area contributed by atoms with Gasteiger partial charge >= 0.3 is 0 Å². The van der Waals surface area contributed by atoms with E-state index in [1.165, 1.54) is 12.8 Å². The van der Waals surface area contributed by atoms with Crippen molar-refractivity contribution in [2.24, 2.45) is 4.99 Å². The van der Waals surface area contributed by atoms with Gasteiger partial charge in [-0.1, -0.05) is 26.7 Å². The maximum Gasteiger partial charge on any atom is 0.0817 e. The van der Waals surface area contributed by atoms with Gasteiger partial charge in [0.05, 0.1) is 10.4 Å². The number of unbranched alkanes of at least 4 members (excludes halogenated alkanes) is 1. The van der Waals surface area contributed by atoms with E-state index < -0.39 is 0 Å². The normalized spacial score (nSPS) is 17.7. The van der Waals surface area contributed by atoms with Gasteiger partial charge in [0.25, 0.3) is 0 Å². The first kappa shape index (κ1) is 15.0. The lowest BCUT2D eigenvalue weighted by Gasteiger charge is -2.28. The molecule has 1 unspecified atom stereocenters. The van der Waals surface area contributed by atoms with Crippen LogP contribution in [-0.4, -0.2) is 16.1 Å². The average Bonchev–Trinajstić information content (AvgIpc) is 2.11. The summed E-state index contributed by atoms with van der Waals surface area (Å²) in [5.74, 6) is 0. The summed E-state index contributed by atoms with van der Waals surface area (Å²) < 4.78 is 0. The van der Waals surface area contributed by atoms with Crippen LogP contribution < -0.4 is 0 Å². The van der Waals surface area contributed by atoms with Crippen LogP contribution in [0.3, 0.4) is 0 Å². The molecule has 0 bridgehead atoms. The molecular formula is C13H26ClN. The first-order valence-electron chi connectivity index (χ1n) is 6.01. The van der Waals surface area contributed by atoms with Gasteiger partial charge in [-0.05, 0) is 40.5 Å². The van der Waals surface area contributed by atoms with E-state index in [1.807, 2.05) is 0 Å². The lowest BCUT2D eigenvalue weighted by atomic mass is 9.93. The Morgan fingerprint density at radius 3 is 2.07 bits per heavy atom. The van der Waals surface area contributed by atoms with Crippen molar-refractivity contribution in [1.29, 1.82) is 0 Å². The van der Waals surface area contributed by atoms with Crippen molar-refractivity contribution < 1.29 is 0 Å². The van der Waals surface area contributed by atoms with Gasteiger partial charge in [0.1, 0.15) is 0 Å². The molecule has 0 N–H and O–H groups in total. The van der Waals surface area contributed by atoms with Gasteiger partial charge in [0.2, 0.25) is 0 Å². The summed E-state index contributed by atoms with van der Waals surface area (Å²) in [6.07, 6.45) is 4.36. The highest BCUT2D eigenvalue weighted by Gasteiger charge is 2.29. The largest absolute Gasteiger partial charge is 0.287 e. The summed E-state index contributed by atoms with van der Waals surface area (Å²) in [6, 6.07) is 0. The number of hydrogen-bond donors (Lipinski definition) is 0. The van der Waals surface area contributed by atoms with Crippen molar-refractivity contribution in [2.45, 2.75) is 77.6 Å². The molecule has 1 atom stereocenters. The Labute approximate surface area is 100 Å². The maximum absolute atomic E-state index is 6.63. The molecule has 0 aliphatic carbocycles. The van der Waals surface area contributed by atoms with Gasteiger partial charge in [0.15, 0.2) is 0 Å². The van der Waals surface area contributed by atoms with Crippen molar-refractivity contribution in [3.05, 3.63) is 0 Å². The molecule has 0 aliphatic rings. The van der Waals surface area contributed by atoms with E-state index in [9.17, 15) is 0 Å². The first-order valence-corrected chi connectivity index (χ1v) is 6.39. The molecule has 2 heteroatoms. The summed E-state index contributed by atoms with van der Waals surface area (Å²) in [5.41, 5.74) is 1.07. The first-order chi connectivity index (χ1) is 6.75. The van der Waals surface area contributed by atoms with Gasteiger partial charge < -0.3 is 0 Å². The van der Waals surface area contributed by atoms with Gasteiger partial charge in [-0.3, -0.25) is 4.99 Å². The zero-order valence-electron chi connectivity index (χ0n) is 11.2. The van der Waals surface area contributed by atoms with Crippen molar-refractivity contribution in [2.75, 3.05) is 0 Å². The minimum atomic E-state index is -0.219. The molecule has 0 aromatic rings. The second-order valence-corrected chi connectivity index (χ2v) is 6.01. The minimum Gasteiger partial charge on any atom is -0.287 e. The summed E-state index contributed by atoms with van der Waals surface area (Å²) in [6.45, 7) is 12.8. The van der Waals surface area contributed by atoms with Crippen molar-refractivity contribution in [1.82, 2.24) is 0 Å². The molecule has 0 heterocycles. The van der Waals surface area contributed by atoms with Gasteiger partial charge in [-0.25, -0.2) is 0 Å². The quantitative estimate of drug-likeness (QED) is 0.475. The molecule has 15 heavy (non-hydrogen) atoms. The minimum absolute atomic E-state index is 0.0222. The Balaban J connectivity index is 4.71. The summed E-state index contributed by atoms with van der Waals surface area (Å²) in [7, 11) is 0. The number of rotatable bonds is 5. The highest BCUT2D eigenvalue weighted by atomic mass is 35.5. The molecule has 1 nitrogen and oxygen atoms in total. The van der Waals surface area contributed by atoms with Crippen LogP contribution in [0.25, 0.3) is 0 Å². The predicted octanol–water partition coefficient (Wildman–Crippen LogP) is 4.82. The highest BCUT2D eigenvalue weighted by molar-refractivity contribution is 6.35. The van der Waals surface area contributed by atoms with Crippen LogP contribution in [0.1, 0.15) is 67.2 Å². The third kappa shape index (κ3) is 5.55. The van der Waals surface area contributed by atoms with E-state index in [2.05, 4.69) is 46.5 Å². The zero-order chi connectivity index (χ0) is 12.1. The summed E-state index contributed by atoms with van der Waals surface area (Å²) in [5, 5.41) is 0. The summed E-state index contributed by atoms with van der Waals surface area (Å²) >= 11 is 6.63. The fraction of sp³-hybridized carbons (Fsp3) is 0.923. The molecule has 0 saturated heterocycles. The molecule has 0 aromatic carbocycles. The van der Waals surface area contributed by atoms with Crippen LogP contribution in [-0.2, 0) is 0 Å². The Morgan fingerprint density at radius 1 is 1.20 bits per heavy atom. The van der Waals surface area contributed by atoms with E-state index in [0.717, 1.165) is 18.6 Å². The third-order valence-electron chi connectivity index (χ3n) is 2.64. The second-order valence-electron chi connectivity index (χ2n) is 5.29. The van der Waals surface area contributed by atoms with E-state index in [4.69, 9.17) is 11.6 Å². The van der Waals surface area contributed by atoms with E-state index in [0.29, 0.717) is 0 Å². The van der Waals surface area contributed by atoms with Gasteiger partial charge in [-0.2, -0.15) is 0 Å². The molecular weight excluding hydrogens is 206 g/mol. The van der Waals surface area contributed by atoms with Crippen molar-refractivity contribution >= 4 is 17.3 Å². The number of aliphatic imine (C=N–C) groups is 1. The van der Waals surface area contributed by atoms with Crippen LogP contribution in [0.5, 0.6) is 0 Å². The number of alkyl halides is 1. The third-order valence-corrected chi connectivity index (χ3v) is 3.37. The monoisotopic (exact) mass is 231 g/mol. The van der Waals surface area contributed by atoms with Crippen molar-refractivity contribution in [3.8, 4) is 0 Å². The topological polar surface area (TPSA) is 12.4 Å². The number of nitrogens with zero attached hydrogens (tertiary/aromatic N) is 1. The van der Waals surface area contributed by atoms with Crippen molar-refractivity contribution in [3.63, 3.8) is 0 Å². The Hall–Kier alpha value is -0.0400. The predicted molar refractivity (Wildman–Crippen MR) is 71.3 cm³/mol. The van der Waals surface area contributed by atoms with Gasteiger partial charge in [0, 0.05) is 5.71 Å². The Bertz CT molecular complexity index is 215. The second kappa shape index (κ2) is 5.89. The molecule has 0 radical (unpaired) electrons. The molecule has 0 amide bonds. The summed E-state index contributed by atoms with van der Waals surface area (Å²) in [4.78, 5) is 4.47. The van der Waals surface area contributed by atoms with Crippen LogP contribution in [0, 0.1) is 0 Å². The maximum atomic E-state index is 6.63.